The Morgan fingerprint density at radius 1 is 1.26 bits per heavy atom. The Bertz CT molecular complexity index is 955. The van der Waals surface area contributed by atoms with Crippen molar-refractivity contribution in [2.45, 2.75) is 19.1 Å². The van der Waals surface area contributed by atoms with Crippen LogP contribution < -0.4 is 0 Å². The first-order valence-corrected chi connectivity index (χ1v) is 8.77. The van der Waals surface area contributed by atoms with Crippen LogP contribution in [0.5, 0.6) is 0 Å². The maximum atomic E-state index is 13.0. The topological polar surface area (TPSA) is 87.9 Å². The molecule has 1 aromatic heterocycles. The number of ketones is 1. The van der Waals surface area contributed by atoms with Gasteiger partial charge in [0.25, 0.3) is 0 Å². The minimum Gasteiger partial charge on any atom is -0.469 e. The number of hydrogen-bond donors (Lipinski definition) is 0. The molecule has 3 atom stereocenters. The smallest absolute Gasteiger partial charge is 0.309 e. The van der Waals surface area contributed by atoms with Gasteiger partial charge in [-0.05, 0) is 31.0 Å². The number of aromatic nitrogens is 1. The molecular weight excluding hydrogens is 350 g/mol. The van der Waals surface area contributed by atoms with Crippen LogP contribution in [-0.4, -0.2) is 43.9 Å². The van der Waals surface area contributed by atoms with Gasteiger partial charge in [-0.15, -0.1) is 0 Å². The van der Waals surface area contributed by atoms with E-state index in [1.165, 1.54) is 21.3 Å². The number of allylic oxidation sites excluding steroid dienone is 1. The Kier molecular flexibility index (Phi) is 4.16. The van der Waals surface area contributed by atoms with Crippen molar-refractivity contribution in [1.29, 1.82) is 0 Å². The van der Waals surface area contributed by atoms with Gasteiger partial charge >= 0.3 is 5.97 Å². The molecule has 0 spiro atoms. The quantitative estimate of drug-likeness (QED) is 0.603. The van der Waals surface area contributed by atoms with Crippen molar-refractivity contribution in [1.82, 2.24) is 4.98 Å². The van der Waals surface area contributed by atoms with E-state index in [-0.39, 0.29) is 5.78 Å². The molecule has 3 aliphatic rings. The van der Waals surface area contributed by atoms with Gasteiger partial charge in [-0.2, -0.15) is 0 Å². The number of esters is 1. The molecule has 5 rings (SSSR count). The summed E-state index contributed by atoms with van der Waals surface area (Å²) in [4.78, 5) is 29.8. The Hall–Kier alpha value is -2.51. The average molecular weight is 371 g/mol. The van der Waals surface area contributed by atoms with Gasteiger partial charge in [0, 0.05) is 19.8 Å². The number of carbonyl (C=O) groups excluding carboxylic acids is 2. The summed E-state index contributed by atoms with van der Waals surface area (Å²) < 4.78 is 21.9. The van der Waals surface area contributed by atoms with Crippen LogP contribution >= 0.6 is 0 Å². The highest BCUT2D eigenvalue weighted by Crippen LogP contribution is 2.52. The minimum atomic E-state index is -1.46. The van der Waals surface area contributed by atoms with E-state index in [0.717, 1.165) is 16.7 Å². The number of aryl methyl sites for hydroxylation is 1. The van der Waals surface area contributed by atoms with Crippen molar-refractivity contribution in [2.24, 2.45) is 17.8 Å². The van der Waals surface area contributed by atoms with Crippen molar-refractivity contribution >= 4 is 28.4 Å². The van der Waals surface area contributed by atoms with E-state index in [1.807, 2.05) is 25.1 Å². The lowest BCUT2D eigenvalue weighted by atomic mass is 9.61. The van der Waals surface area contributed by atoms with Gasteiger partial charge in [0.15, 0.2) is 11.4 Å². The molecular formula is C20H21NO6. The molecule has 2 aromatic rings. The lowest BCUT2D eigenvalue weighted by molar-refractivity contribution is -0.238. The molecule has 1 aromatic carbocycles. The average Bonchev–Trinajstić information content (AvgIpc) is 3.11. The van der Waals surface area contributed by atoms with Crippen molar-refractivity contribution in [3.8, 4) is 0 Å². The number of methoxy groups -OCH3 is 3. The largest absolute Gasteiger partial charge is 0.469 e. The lowest BCUT2D eigenvalue weighted by Crippen LogP contribution is -2.61. The molecule has 7 heteroatoms. The van der Waals surface area contributed by atoms with E-state index < -0.39 is 29.5 Å². The molecule has 0 saturated heterocycles. The van der Waals surface area contributed by atoms with E-state index in [0.29, 0.717) is 17.9 Å². The SMILES string of the molecule is COC(=O)[C@@H]1C[C@@H]2C(c3nc4cc(C)ccc4o3)=C[C@H]1C(=O)C2(OC)OC. The van der Waals surface area contributed by atoms with Gasteiger partial charge in [-0.1, -0.05) is 12.1 Å². The molecule has 1 saturated carbocycles. The van der Waals surface area contributed by atoms with Gasteiger partial charge in [0.05, 0.1) is 24.9 Å². The summed E-state index contributed by atoms with van der Waals surface area (Å²) in [7, 11) is 4.19. The van der Waals surface area contributed by atoms with Gasteiger partial charge in [-0.25, -0.2) is 4.98 Å². The number of Topliss-reactive ketones (excluding diaryl/α,β-unsaturated/α-hetero) is 1. The molecule has 0 unspecified atom stereocenters. The van der Waals surface area contributed by atoms with Crippen molar-refractivity contribution < 1.29 is 28.2 Å². The van der Waals surface area contributed by atoms with Crippen LogP contribution in [0.15, 0.2) is 28.7 Å². The maximum absolute atomic E-state index is 13.0. The first kappa shape index (κ1) is 17.9. The van der Waals surface area contributed by atoms with Crippen LogP contribution in [0.4, 0.5) is 0 Å². The summed E-state index contributed by atoms with van der Waals surface area (Å²) in [6.45, 7) is 1.98. The summed E-state index contributed by atoms with van der Waals surface area (Å²) in [6.07, 6.45) is 2.11. The third-order valence-corrected chi connectivity index (χ3v) is 5.66. The number of carbonyl (C=O) groups is 2. The van der Waals surface area contributed by atoms with Crippen molar-refractivity contribution in [2.75, 3.05) is 21.3 Å². The second kappa shape index (κ2) is 6.28. The summed E-state index contributed by atoms with van der Waals surface area (Å²) in [6, 6.07) is 5.75. The van der Waals surface area contributed by atoms with Gasteiger partial charge in [-0.3, -0.25) is 9.59 Å². The van der Waals surface area contributed by atoms with Crippen LogP contribution in [0.2, 0.25) is 0 Å². The fourth-order valence-corrected chi connectivity index (χ4v) is 4.32. The van der Waals surface area contributed by atoms with Crippen LogP contribution in [0.1, 0.15) is 17.9 Å². The van der Waals surface area contributed by atoms with Crippen molar-refractivity contribution in [3.63, 3.8) is 0 Å². The predicted molar refractivity (Wildman–Crippen MR) is 95.6 cm³/mol. The molecule has 0 amide bonds. The second-order valence-electron chi connectivity index (χ2n) is 7.00. The fourth-order valence-electron chi connectivity index (χ4n) is 4.32. The summed E-state index contributed by atoms with van der Waals surface area (Å²) >= 11 is 0. The molecule has 0 radical (unpaired) electrons. The third-order valence-electron chi connectivity index (χ3n) is 5.66. The van der Waals surface area contributed by atoms with Crippen LogP contribution in [0.25, 0.3) is 16.7 Å². The highest BCUT2D eigenvalue weighted by molar-refractivity contribution is 6.00. The number of hydrogen-bond acceptors (Lipinski definition) is 7. The molecule has 1 heterocycles. The number of benzene rings is 1. The number of rotatable bonds is 4. The zero-order valence-electron chi connectivity index (χ0n) is 15.6. The van der Waals surface area contributed by atoms with E-state index in [4.69, 9.17) is 18.6 Å². The molecule has 27 heavy (non-hydrogen) atoms. The fraction of sp³-hybridized carbons (Fsp3) is 0.450. The van der Waals surface area contributed by atoms with Crippen LogP contribution in [-0.2, 0) is 23.8 Å². The van der Waals surface area contributed by atoms with Crippen LogP contribution in [0.3, 0.4) is 0 Å². The molecule has 142 valence electrons. The van der Waals surface area contributed by atoms with E-state index in [1.54, 1.807) is 6.08 Å². The summed E-state index contributed by atoms with van der Waals surface area (Å²) in [5, 5.41) is 0. The predicted octanol–water partition coefficient (Wildman–Crippen LogP) is 2.52. The molecule has 2 bridgehead atoms. The maximum Gasteiger partial charge on any atom is 0.309 e. The van der Waals surface area contributed by atoms with Gasteiger partial charge < -0.3 is 18.6 Å². The number of ether oxygens (including phenoxy) is 3. The van der Waals surface area contributed by atoms with Gasteiger partial charge in [0.1, 0.15) is 5.52 Å². The Morgan fingerprint density at radius 2 is 2.00 bits per heavy atom. The Morgan fingerprint density at radius 3 is 2.67 bits per heavy atom. The molecule has 0 aliphatic heterocycles. The van der Waals surface area contributed by atoms with Gasteiger partial charge in [0.2, 0.25) is 11.7 Å². The zero-order chi connectivity index (χ0) is 19.3. The highest BCUT2D eigenvalue weighted by atomic mass is 16.7. The molecule has 7 nitrogen and oxygen atoms in total. The van der Waals surface area contributed by atoms with E-state index in [9.17, 15) is 9.59 Å². The minimum absolute atomic E-state index is 0.283. The first-order valence-electron chi connectivity index (χ1n) is 8.77. The normalized spacial score (nSPS) is 26.3. The Balaban J connectivity index is 1.85. The van der Waals surface area contributed by atoms with E-state index >= 15 is 0 Å². The summed E-state index contributed by atoms with van der Waals surface area (Å²) in [5.41, 5.74) is 3.20. The monoisotopic (exact) mass is 371 g/mol. The zero-order valence-corrected chi connectivity index (χ0v) is 15.6. The molecule has 3 aliphatic carbocycles. The number of nitrogens with zero attached hydrogens (tertiary/aromatic N) is 1. The van der Waals surface area contributed by atoms with Crippen LogP contribution in [0, 0.1) is 24.7 Å². The van der Waals surface area contributed by atoms with E-state index in [2.05, 4.69) is 4.98 Å². The second-order valence-corrected chi connectivity index (χ2v) is 7.00. The first-order chi connectivity index (χ1) is 12.9. The lowest BCUT2D eigenvalue weighted by Gasteiger charge is -2.48. The van der Waals surface area contributed by atoms with Crippen molar-refractivity contribution in [3.05, 3.63) is 35.7 Å². The molecule has 1 fully saturated rings. The Labute approximate surface area is 156 Å². The standard InChI is InChI=1S/C20H21NO6/c1-10-5-6-16-15(7-10)21-18(27-16)13-8-11-12(19(23)24-2)9-14(13)20(25-3,26-4)17(11)22/h5-8,11-12,14H,9H2,1-4H3/t11-,12-,14-/m1/s1. The third kappa shape index (κ3) is 2.45. The summed E-state index contributed by atoms with van der Waals surface area (Å²) in [5.74, 6) is -3.55. The molecule has 0 N–H and O–H groups in total. The number of oxazole rings is 1. The highest BCUT2D eigenvalue weighted by Gasteiger charge is 2.62. The number of fused-ring (bicyclic) bond motifs is 3.